The first-order chi connectivity index (χ1) is 12.1. The van der Waals surface area contributed by atoms with Crippen LogP contribution in [0.2, 0.25) is 0 Å². The van der Waals surface area contributed by atoms with Crippen LogP contribution in [0.1, 0.15) is 36.4 Å². The zero-order chi connectivity index (χ0) is 17.8. The molecule has 1 aliphatic heterocycles. The smallest absolute Gasteiger partial charge is 0.320 e. The summed E-state index contributed by atoms with van der Waals surface area (Å²) in [6.45, 7) is 0.697. The molecule has 25 heavy (non-hydrogen) atoms. The molecule has 0 aromatic heterocycles. The average Bonchev–Trinajstić information content (AvgIpc) is 2.63. The molecule has 5 heteroatoms. The van der Waals surface area contributed by atoms with E-state index < -0.39 is 12.0 Å². The Labute approximate surface area is 151 Å². The highest BCUT2D eigenvalue weighted by Crippen LogP contribution is 2.35. The van der Waals surface area contributed by atoms with E-state index in [0.717, 1.165) is 28.9 Å². The molecule has 3 nitrogen and oxygen atoms in total. The predicted octanol–water partition coefficient (Wildman–Crippen LogP) is 4.58. The second-order valence-corrected chi connectivity index (χ2v) is 7.20. The third-order valence-electron chi connectivity index (χ3n) is 4.76. The van der Waals surface area contributed by atoms with Gasteiger partial charge in [0.05, 0.1) is 6.04 Å². The molecule has 0 amide bonds. The van der Waals surface area contributed by atoms with Gasteiger partial charge in [0.25, 0.3) is 0 Å². The van der Waals surface area contributed by atoms with Gasteiger partial charge in [-0.3, -0.25) is 9.69 Å². The van der Waals surface area contributed by atoms with E-state index in [4.69, 9.17) is 0 Å². The van der Waals surface area contributed by atoms with E-state index in [1.807, 2.05) is 41.5 Å². The maximum atomic E-state index is 13.8. The van der Waals surface area contributed by atoms with Crippen LogP contribution in [0.25, 0.3) is 0 Å². The first kappa shape index (κ1) is 18.0. The van der Waals surface area contributed by atoms with Crippen LogP contribution >= 0.6 is 11.8 Å². The molecule has 1 heterocycles. The standard InChI is InChI=1S/C20H22FNO2S/c1-25-17-10-8-14(9-11-17)19(15-5-4-6-16(21)13-15)22-12-3-2-7-18(22)20(23)24/h4-6,8-11,13,18-19H,2-3,7,12H2,1H3,(H,23,24). The fourth-order valence-corrected chi connectivity index (χ4v) is 3.97. The fourth-order valence-electron chi connectivity index (χ4n) is 3.57. The minimum absolute atomic E-state index is 0.256. The van der Waals surface area contributed by atoms with Gasteiger partial charge in [0.15, 0.2) is 0 Å². The van der Waals surface area contributed by atoms with Gasteiger partial charge in [-0.1, -0.05) is 30.7 Å². The van der Waals surface area contributed by atoms with Crippen LogP contribution in [-0.2, 0) is 4.79 Å². The molecule has 3 rings (SSSR count). The van der Waals surface area contributed by atoms with Gasteiger partial charge in [0.2, 0.25) is 0 Å². The van der Waals surface area contributed by atoms with Crippen molar-refractivity contribution in [1.82, 2.24) is 4.90 Å². The van der Waals surface area contributed by atoms with E-state index in [2.05, 4.69) is 0 Å². The fraction of sp³-hybridized carbons (Fsp3) is 0.350. The van der Waals surface area contributed by atoms with E-state index in [-0.39, 0.29) is 11.9 Å². The Bertz CT molecular complexity index is 735. The molecule has 0 aliphatic carbocycles. The Morgan fingerprint density at radius 2 is 1.96 bits per heavy atom. The number of hydrogen-bond acceptors (Lipinski definition) is 3. The second kappa shape index (κ2) is 8.02. The summed E-state index contributed by atoms with van der Waals surface area (Å²) in [5.41, 5.74) is 1.79. The number of thioether (sulfide) groups is 1. The summed E-state index contributed by atoms with van der Waals surface area (Å²) in [6, 6.07) is 13.8. The van der Waals surface area contributed by atoms with E-state index >= 15 is 0 Å². The third-order valence-corrected chi connectivity index (χ3v) is 5.50. The Hall–Kier alpha value is -1.85. The summed E-state index contributed by atoms with van der Waals surface area (Å²) in [5.74, 6) is -1.10. The molecule has 0 radical (unpaired) electrons. The van der Waals surface area contributed by atoms with Gasteiger partial charge in [0.1, 0.15) is 11.9 Å². The summed E-state index contributed by atoms with van der Waals surface area (Å²) >= 11 is 1.66. The highest BCUT2D eigenvalue weighted by atomic mass is 32.2. The Kier molecular flexibility index (Phi) is 5.76. The third kappa shape index (κ3) is 4.05. The summed E-state index contributed by atoms with van der Waals surface area (Å²) in [7, 11) is 0. The molecule has 1 aliphatic rings. The van der Waals surface area contributed by atoms with Crippen LogP contribution in [0.4, 0.5) is 4.39 Å². The number of hydrogen-bond donors (Lipinski definition) is 1. The average molecular weight is 359 g/mol. The molecule has 1 N–H and O–H groups in total. The van der Waals surface area contributed by atoms with E-state index in [9.17, 15) is 14.3 Å². The zero-order valence-electron chi connectivity index (χ0n) is 14.2. The normalized spacial score (nSPS) is 19.5. The number of benzene rings is 2. The zero-order valence-corrected chi connectivity index (χ0v) is 15.0. The summed E-state index contributed by atoms with van der Waals surface area (Å²) in [5, 5.41) is 9.67. The number of halogens is 1. The van der Waals surface area contributed by atoms with Gasteiger partial charge in [-0.2, -0.15) is 0 Å². The van der Waals surface area contributed by atoms with Crippen molar-refractivity contribution in [2.75, 3.05) is 12.8 Å². The molecule has 0 bridgehead atoms. The van der Waals surface area contributed by atoms with Crippen molar-refractivity contribution in [3.8, 4) is 0 Å². The molecule has 0 spiro atoms. The number of carboxylic acids is 1. The monoisotopic (exact) mass is 359 g/mol. The number of likely N-dealkylation sites (tertiary alicyclic amines) is 1. The summed E-state index contributed by atoms with van der Waals surface area (Å²) < 4.78 is 13.8. The quantitative estimate of drug-likeness (QED) is 0.794. The summed E-state index contributed by atoms with van der Waals surface area (Å²) in [6.07, 6.45) is 4.52. The van der Waals surface area contributed by atoms with Crippen LogP contribution < -0.4 is 0 Å². The molecule has 2 aromatic rings. The van der Waals surface area contributed by atoms with Crippen LogP contribution in [-0.4, -0.2) is 34.8 Å². The number of nitrogens with zero attached hydrogens (tertiary/aromatic N) is 1. The number of carboxylic acid groups (broad SMARTS) is 1. The van der Waals surface area contributed by atoms with Gasteiger partial charge in [0, 0.05) is 4.90 Å². The lowest BCUT2D eigenvalue weighted by Crippen LogP contribution is -2.46. The lowest BCUT2D eigenvalue weighted by Gasteiger charge is -2.39. The maximum absolute atomic E-state index is 13.8. The van der Waals surface area contributed by atoms with Crippen molar-refractivity contribution in [2.24, 2.45) is 0 Å². The Balaban J connectivity index is 2.05. The van der Waals surface area contributed by atoms with Gasteiger partial charge < -0.3 is 5.11 Å². The van der Waals surface area contributed by atoms with Crippen molar-refractivity contribution >= 4 is 17.7 Å². The first-order valence-electron chi connectivity index (χ1n) is 8.48. The summed E-state index contributed by atoms with van der Waals surface area (Å²) in [4.78, 5) is 14.9. The molecule has 1 fully saturated rings. The molecular weight excluding hydrogens is 337 g/mol. The maximum Gasteiger partial charge on any atom is 0.320 e. The first-order valence-corrected chi connectivity index (χ1v) is 9.70. The number of carbonyl (C=O) groups is 1. The topological polar surface area (TPSA) is 40.5 Å². The molecular formula is C20H22FNO2S. The number of aliphatic carboxylic acids is 1. The minimum atomic E-state index is -0.804. The predicted molar refractivity (Wildman–Crippen MR) is 98.4 cm³/mol. The number of rotatable bonds is 5. The Morgan fingerprint density at radius 3 is 2.60 bits per heavy atom. The SMILES string of the molecule is CSc1ccc(C(c2cccc(F)c2)N2CCCCC2C(=O)O)cc1. The molecule has 1 saturated heterocycles. The van der Waals surface area contributed by atoms with Crippen LogP contribution in [0.5, 0.6) is 0 Å². The van der Waals surface area contributed by atoms with Crippen molar-refractivity contribution < 1.29 is 14.3 Å². The molecule has 132 valence electrons. The number of piperidine rings is 1. The van der Waals surface area contributed by atoms with Crippen LogP contribution in [0.3, 0.4) is 0 Å². The molecule has 2 unspecified atom stereocenters. The highest BCUT2D eigenvalue weighted by molar-refractivity contribution is 7.98. The minimum Gasteiger partial charge on any atom is -0.480 e. The van der Waals surface area contributed by atoms with Crippen molar-refractivity contribution in [1.29, 1.82) is 0 Å². The molecule has 2 atom stereocenters. The molecule has 2 aromatic carbocycles. The van der Waals surface area contributed by atoms with Crippen LogP contribution in [0, 0.1) is 5.82 Å². The van der Waals surface area contributed by atoms with Crippen molar-refractivity contribution in [2.45, 2.75) is 36.2 Å². The largest absolute Gasteiger partial charge is 0.480 e. The lowest BCUT2D eigenvalue weighted by atomic mass is 9.91. The van der Waals surface area contributed by atoms with Gasteiger partial charge in [-0.25, -0.2) is 4.39 Å². The lowest BCUT2D eigenvalue weighted by molar-refractivity contribution is -0.145. The second-order valence-electron chi connectivity index (χ2n) is 6.32. The van der Waals surface area contributed by atoms with Gasteiger partial charge in [-0.15, -0.1) is 11.8 Å². The Morgan fingerprint density at radius 1 is 1.20 bits per heavy atom. The van der Waals surface area contributed by atoms with Gasteiger partial charge >= 0.3 is 5.97 Å². The van der Waals surface area contributed by atoms with E-state index in [1.54, 1.807) is 17.8 Å². The van der Waals surface area contributed by atoms with E-state index in [1.165, 1.54) is 12.1 Å². The van der Waals surface area contributed by atoms with E-state index in [0.29, 0.717) is 13.0 Å². The van der Waals surface area contributed by atoms with Crippen molar-refractivity contribution in [3.63, 3.8) is 0 Å². The van der Waals surface area contributed by atoms with Crippen LogP contribution in [0.15, 0.2) is 53.4 Å². The highest BCUT2D eigenvalue weighted by Gasteiger charge is 2.35. The van der Waals surface area contributed by atoms with Gasteiger partial charge in [-0.05, 0) is 61.0 Å². The van der Waals surface area contributed by atoms with Crippen molar-refractivity contribution in [3.05, 3.63) is 65.5 Å². The molecule has 0 saturated carbocycles.